The van der Waals surface area contributed by atoms with Crippen molar-refractivity contribution in [3.63, 3.8) is 0 Å². The third kappa shape index (κ3) is 3.67. The number of aromatic nitrogens is 3. The minimum atomic E-state index is -0.970. The normalized spacial score (nSPS) is 10.8. The molecule has 0 radical (unpaired) electrons. The lowest BCUT2D eigenvalue weighted by Crippen LogP contribution is -2.04. The van der Waals surface area contributed by atoms with Crippen molar-refractivity contribution in [2.75, 3.05) is 0 Å². The Balaban J connectivity index is 1.95. The summed E-state index contributed by atoms with van der Waals surface area (Å²) in [7, 11) is 1.80. The first-order chi connectivity index (χ1) is 9.15. The zero-order chi connectivity index (χ0) is 13.7. The van der Waals surface area contributed by atoms with Crippen LogP contribution in [0, 0.1) is 0 Å². The zero-order valence-corrected chi connectivity index (χ0v) is 10.4. The summed E-state index contributed by atoms with van der Waals surface area (Å²) in [5, 5.41) is 12.5. The highest BCUT2D eigenvalue weighted by Crippen LogP contribution is 2.14. The van der Waals surface area contributed by atoms with Crippen LogP contribution in [0.15, 0.2) is 36.7 Å². The monoisotopic (exact) mass is 259 g/mol. The van der Waals surface area contributed by atoms with Gasteiger partial charge >= 0.3 is 5.97 Å². The number of aryl methyl sites for hydroxylation is 1. The largest absolute Gasteiger partial charge is 0.486 e. The summed E-state index contributed by atoms with van der Waals surface area (Å²) in [6.07, 6.45) is 4.09. The van der Waals surface area contributed by atoms with Crippen molar-refractivity contribution in [2.24, 2.45) is 7.05 Å². The number of carboxylic acids is 1. The summed E-state index contributed by atoms with van der Waals surface area (Å²) in [5.41, 5.74) is 0.799. The lowest BCUT2D eigenvalue weighted by atomic mass is 10.2. The maximum atomic E-state index is 10.4. The van der Waals surface area contributed by atoms with E-state index in [0.29, 0.717) is 12.4 Å². The van der Waals surface area contributed by atoms with Gasteiger partial charge in [-0.3, -0.25) is 4.68 Å². The predicted octanol–water partition coefficient (Wildman–Crippen LogP) is 1.49. The molecule has 1 aromatic carbocycles. The molecule has 19 heavy (non-hydrogen) atoms. The Labute approximate surface area is 110 Å². The van der Waals surface area contributed by atoms with Crippen molar-refractivity contribution in [1.82, 2.24) is 14.8 Å². The fraction of sp³-hybridized carbons (Fsp3) is 0.154. The average molecular weight is 259 g/mol. The average Bonchev–Trinajstić information content (AvgIpc) is 2.81. The van der Waals surface area contributed by atoms with Crippen LogP contribution in [0.25, 0.3) is 6.08 Å². The highest BCUT2D eigenvalue weighted by Gasteiger charge is 2.01. The van der Waals surface area contributed by atoms with Crippen LogP contribution < -0.4 is 4.74 Å². The minimum absolute atomic E-state index is 0.334. The fourth-order valence-corrected chi connectivity index (χ4v) is 1.44. The first kappa shape index (κ1) is 12.8. The lowest BCUT2D eigenvalue weighted by molar-refractivity contribution is -0.131. The molecule has 0 aliphatic carbocycles. The van der Waals surface area contributed by atoms with Crippen LogP contribution in [0.2, 0.25) is 0 Å². The summed E-state index contributed by atoms with van der Waals surface area (Å²) >= 11 is 0. The fourth-order valence-electron chi connectivity index (χ4n) is 1.44. The second-order valence-corrected chi connectivity index (χ2v) is 3.83. The van der Waals surface area contributed by atoms with Crippen LogP contribution in [0.5, 0.6) is 5.75 Å². The SMILES string of the molecule is Cn1ncnc1COc1ccc(C=CC(=O)O)cc1. The van der Waals surface area contributed by atoms with Crippen LogP contribution >= 0.6 is 0 Å². The molecule has 2 aromatic rings. The topological polar surface area (TPSA) is 77.2 Å². The van der Waals surface area contributed by atoms with Gasteiger partial charge in [0.25, 0.3) is 0 Å². The summed E-state index contributed by atoms with van der Waals surface area (Å²) in [6.45, 7) is 0.334. The zero-order valence-electron chi connectivity index (χ0n) is 10.4. The second kappa shape index (κ2) is 5.81. The van der Waals surface area contributed by atoms with Gasteiger partial charge < -0.3 is 9.84 Å². The molecule has 0 atom stereocenters. The molecule has 1 aromatic heterocycles. The van der Waals surface area contributed by atoms with E-state index in [1.54, 1.807) is 36.0 Å². The van der Waals surface area contributed by atoms with E-state index in [4.69, 9.17) is 9.84 Å². The standard InChI is InChI=1S/C13H13N3O3/c1-16-12(14-9-15-16)8-19-11-5-2-10(3-6-11)4-7-13(17)18/h2-7,9H,8H2,1H3,(H,17,18). The third-order valence-electron chi connectivity index (χ3n) is 2.47. The predicted molar refractivity (Wildman–Crippen MR) is 68.4 cm³/mol. The van der Waals surface area contributed by atoms with E-state index < -0.39 is 5.97 Å². The van der Waals surface area contributed by atoms with Crippen molar-refractivity contribution >= 4 is 12.0 Å². The van der Waals surface area contributed by atoms with Crippen molar-refractivity contribution in [2.45, 2.75) is 6.61 Å². The molecule has 0 unspecified atom stereocenters. The number of benzene rings is 1. The van der Waals surface area contributed by atoms with Gasteiger partial charge in [-0.25, -0.2) is 9.78 Å². The Kier molecular flexibility index (Phi) is 3.92. The van der Waals surface area contributed by atoms with Crippen LogP contribution in [-0.4, -0.2) is 25.8 Å². The van der Waals surface area contributed by atoms with Gasteiger partial charge in [-0.15, -0.1) is 0 Å². The molecule has 0 saturated heterocycles. The van der Waals surface area contributed by atoms with Gasteiger partial charge in [-0.05, 0) is 23.8 Å². The highest BCUT2D eigenvalue weighted by atomic mass is 16.5. The molecule has 1 heterocycles. The lowest BCUT2D eigenvalue weighted by Gasteiger charge is -2.05. The van der Waals surface area contributed by atoms with E-state index in [1.807, 2.05) is 0 Å². The molecule has 98 valence electrons. The van der Waals surface area contributed by atoms with Gasteiger partial charge in [0.05, 0.1) is 0 Å². The smallest absolute Gasteiger partial charge is 0.328 e. The van der Waals surface area contributed by atoms with E-state index in [2.05, 4.69) is 10.1 Å². The molecule has 6 heteroatoms. The van der Waals surface area contributed by atoms with Gasteiger partial charge in [0, 0.05) is 13.1 Å². The molecule has 6 nitrogen and oxygen atoms in total. The van der Waals surface area contributed by atoms with Crippen molar-refractivity contribution in [3.05, 3.63) is 48.1 Å². The van der Waals surface area contributed by atoms with Gasteiger partial charge in [0.1, 0.15) is 18.7 Å². The number of ether oxygens (including phenoxy) is 1. The Morgan fingerprint density at radius 3 is 2.74 bits per heavy atom. The maximum Gasteiger partial charge on any atom is 0.328 e. The summed E-state index contributed by atoms with van der Waals surface area (Å²) in [6, 6.07) is 7.12. The first-order valence-electron chi connectivity index (χ1n) is 5.62. The number of hydrogen-bond donors (Lipinski definition) is 1. The number of aliphatic carboxylic acids is 1. The molecular formula is C13H13N3O3. The summed E-state index contributed by atoms with van der Waals surface area (Å²) in [4.78, 5) is 14.4. The third-order valence-corrected chi connectivity index (χ3v) is 2.47. The van der Waals surface area contributed by atoms with Crippen LogP contribution in [-0.2, 0) is 18.4 Å². The number of carbonyl (C=O) groups is 1. The Hall–Kier alpha value is -2.63. The summed E-state index contributed by atoms with van der Waals surface area (Å²) < 4.78 is 7.19. The van der Waals surface area contributed by atoms with Crippen molar-refractivity contribution in [1.29, 1.82) is 0 Å². The second-order valence-electron chi connectivity index (χ2n) is 3.83. The van der Waals surface area contributed by atoms with E-state index in [0.717, 1.165) is 17.5 Å². The van der Waals surface area contributed by atoms with Crippen LogP contribution in [0.1, 0.15) is 11.4 Å². The van der Waals surface area contributed by atoms with Crippen molar-refractivity contribution < 1.29 is 14.6 Å². The van der Waals surface area contributed by atoms with Gasteiger partial charge in [-0.1, -0.05) is 12.1 Å². The molecule has 0 bridgehead atoms. The first-order valence-corrected chi connectivity index (χ1v) is 5.62. The molecular weight excluding hydrogens is 246 g/mol. The van der Waals surface area contributed by atoms with Crippen LogP contribution in [0.3, 0.4) is 0 Å². The molecule has 1 N–H and O–H groups in total. The minimum Gasteiger partial charge on any atom is -0.486 e. The number of rotatable bonds is 5. The van der Waals surface area contributed by atoms with Crippen molar-refractivity contribution in [3.8, 4) is 5.75 Å². The Morgan fingerprint density at radius 2 is 2.16 bits per heavy atom. The van der Waals surface area contributed by atoms with Gasteiger partial charge in [-0.2, -0.15) is 5.10 Å². The molecule has 2 rings (SSSR count). The molecule has 0 fully saturated rings. The molecule has 0 aliphatic rings. The Bertz CT molecular complexity index is 587. The van der Waals surface area contributed by atoms with E-state index >= 15 is 0 Å². The molecule has 0 saturated carbocycles. The number of nitrogens with zero attached hydrogens (tertiary/aromatic N) is 3. The number of carboxylic acid groups (broad SMARTS) is 1. The molecule has 0 amide bonds. The summed E-state index contributed by atoms with van der Waals surface area (Å²) in [5.74, 6) is 0.452. The van der Waals surface area contributed by atoms with Gasteiger partial charge in [0.15, 0.2) is 5.82 Å². The Morgan fingerprint density at radius 1 is 1.42 bits per heavy atom. The van der Waals surface area contributed by atoms with E-state index in [9.17, 15) is 4.79 Å². The van der Waals surface area contributed by atoms with Gasteiger partial charge in [0.2, 0.25) is 0 Å². The number of hydrogen-bond acceptors (Lipinski definition) is 4. The quantitative estimate of drug-likeness (QED) is 0.823. The maximum absolute atomic E-state index is 10.4. The molecule has 0 aliphatic heterocycles. The van der Waals surface area contributed by atoms with E-state index in [1.165, 1.54) is 12.4 Å². The van der Waals surface area contributed by atoms with Crippen LogP contribution in [0.4, 0.5) is 0 Å². The molecule has 0 spiro atoms. The van der Waals surface area contributed by atoms with E-state index in [-0.39, 0.29) is 0 Å². The highest BCUT2D eigenvalue weighted by molar-refractivity contribution is 5.85.